The molecule has 1 aromatic heterocycles. The van der Waals surface area contributed by atoms with Crippen LogP contribution in [-0.2, 0) is 16.1 Å². The number of carbonyl (C=O) groups excluding carboxylic acids is 1. The van der Waals surface area contributed by atoms with Crippen LogP contribution in [0.25, 0.3) is 0 Å². The Hall–Kier alpha value is -2.06. The second-order valence-corrected chi connectivity index (χ2v) is 7.28. The Morgan fingerprint density at radius 2 is 1.89 bits per heavy atom. The van der Waals surface area contributed by atoms with E-state index in [1.54, 1.807) is 13.8 Å². The molecule has 1 fully saturated rings. The topological polar surface area (TPSA) is 84.2 Å². The molecule has 0 spiro atoms. The van der Waals surface area contributed by atoms with Gasteiger partial charge in [0.05, 0.1) is 17.5 Å². The van der Waals surface area contributed by atoms with Crippen LogP contribution in [-0.4, -0.2) is 39.0 Å². The number of alkyl halides is 3. The molecule has 1 aliphatic rings. The number of carbonyl (C=O) groups is 2. The molecule has 1 saturated carbocycles. The summed E-state index contributed by atoms with van der Waals surface area (Å²) in [5, 5.41) is 16.2. The molecule has 0 aliphatic heterocycles. The summed E-state index contributed by atoms with van der Waals surface area (Å²) in [7, 11) is 0. The Kier molecular flexibility index (Phi) is 6.54. The van der Waals surface area contributed by atoms with Crippen LogP contribution in [0.4, 0.5) is 13.2 Å². The lowest BCUT2D eigenvalue weighted by atomic mass is 9.92. The van der Waals surface area contributed by atoms with Gasteiger partial charge in [0.1, 0.15) is 6.54 Å². The largest absolute Gasteiger partial charge is 0.481 e. The molecule has 9 heteroatoms. The minimum atomic E-state index is -4.40. The van der Waals surface area contributed by atoms with Gasteiger partial charge in [0.2, 0.25) is 5.91 Å². The Labute approximate surface area is 156 Å². The van der Waals surface area contributed by atoms with E-state index in [0.29, 0.717) is 29.8 Å². The maximum absolute atomic E-state index is 12.7. The van der Waals surface area contributed by atoms with E-state index in [1.807, 2.05) is 0 Å². The van der Waals surface area contributed by atoms with Gasteiger partial charge in [0.15, 0.2) is 0 Å². The smallest absolute Gasteiger partial charge is 0.408 e. The lowest BCUT2D eigenvalue weighted by Crippen LogP contribution is -2.44. The first-order valence-electron chi connectivity index (χ1n) is 9.15. The van der Waals surface area contributed by atoms with Crippen molar-refractivity contribution in [3.63, 3.8) is 0 Å². The Morgan fingerprint density at radius 1 is 1.26 bits per heavy atom. The third-order valence-corrected chi connectivity index (χ3v) is 5.25. The number of nitrogens with one attached hydrogen (secondary N) is 1. The average molecular weight is 389 g/mol. The first-order chi connectivity index (χ1) is 12.5. The quantitative estimate of drug-likeness (QED) is 0.757. The number of halogens is 3. The van der Waals surface area contributed by atoms with Crippen molar-refractivity contribution >= 4 is 11.9 Å². The van der Waals surface area contributed by atoms with Crippen LogP contribution in [0.15, 0.2) is 0 Å². The highest BCUT2D eigenvalue weighted by molar-refractivity contribution is 5.84. The van der Waals surface area contributed by atoms with Crippen molar-refractivity contribution in [3.8, 4) is 0 Å². The zero-order chi connectivity index (χ0) is 20.4. The summed E-state index contributed by atoms with van der Waals surface area (Å²) >= 11 is 0. The second kappa shape index (κ2) is 8.31. The zero-order valence-corrected chi connectivity index (χ0v) is 15.8. The van der Waals surface area contributed by atoms with Gasteiger partial charge in [-0.25, -0.2) is 0 Å². The number of aliphatic carboxylic acids is 1. The second-order valence-electron chi connectivity index (χ2n) is 7.28. The van der Waals surface area contributed by atoms with Gasteiger partial charge in [-0.1, -0.05) is 19.3 Å². The highest BCUT2D eigenvalue weighted by atomic mass is 19.4. The SMILES string of the molecule is Cc1nn(CC(F)(F)F)c(C)c1C(C)C(=O)N[C@H]1CCCCC[C@H]1C(=O)O. The van der Waals surface area contributed by atoms with Gasteiger partial charge >= 0.3 is 12.1 Å². The molecule has 152 valence electrons. The molecule has 0 aromatic carbocycles. The number of carboxylic acid groups (broad SMARTS) is 1. The summed E-state index contributed by atoms with van der Waals surface area (Å²) in [6.45, 7) is 3.48. The summed E-state index contributed by atoms with van der Waals surface area (Å²) in [4.78, 5) is 24.2. The summed E-state index contributed by atoms with van der Waals surface area (Å²) < 4.78 is 38.9. The molecule has 2 rings (SSSR count). The maximum Gasteiger partial charge on any atom is 0.408 e. The number of hydrogen-bond donors (Lipinski definition) is 2. The average Bonchev–Trinajstić information content (AvgIpc) is 2.72. The molecule has 1 unspecified atom stereocenters. The Balaban J connectivity index is 2.18. The van der Waals surface area contributed by atoms with Crippen molar-refractivity contribution in [2.45, 2.75) is 77.6 Å². The van der Waals surface area contributed by atoms with E-state index >= 15 is 0 Å². The van der Waals surface area contributed by atoms with Crippen LogP contribution in [0.1, 0.15) is 61.9 Å². The van der Waals surface area contributed by atoms with E-state index < -0.39 is 36.6 Å². The summed E-state index contributed by atoms with van der Waals surface area (Å²) in [5.41, 5.74) is 1.12. The molecular formula is C18H26F3N3O3. The maximum atomic E-state index is 12.7. The lowest BCUT2D eigenvalue weighted by Gasteiger charge is -2.25. The fourth-order valence-corrected chi connectivity index (χ4v) is 3.88. The highest BCUT2D eigenvalue weighted by Gasteiger charge is 2.34. The van der Waals surface area contributed by atoms with Gasteiger partial charge in [0, 0.05) is 17.3 Å². The fourth-order valence-electron chi connectivity index (χ4n) is 3.88. The normalized spacial score (nSPS) is 22.1. The van der Waals surface area contributed by atoms with E-state index in [-0.39, 0.29) is 5.91 Å². The lowest BCUT2D eigenvalue weighted by molar-refractivity contribution is -0.144. The van der Waals surface area contributed by atoms with Crippen molar-refractivity contribution in [1.29, 1.82) is 0 Å². The van der Waals surface area contributed by atoms with E-state index in [2.05, 4.69) is 10.4 Å². The van der Waals surface area contributed by atoms with Crippen LogP contribution in [0.5, 0.6) is 0 Å². The summed E-state index contributed by atoms with van der Waals surface area (Å²) in [5.74, 6) is -2.67. The molecule has 1 aliphatic carbocycles. The zero-order valence-electron chi connectivity index (χ0n) is 15.8. The minimum Gasteiger partial charge on any atom is -0.481 e. The molecule has 3 atom stereocenters. The minimum absolute atomic E-state index is 0.295. The highest BCUT2D eigenvalue weighted by Crippen LogP contribution is 2.28. The standard InChI is InChI=1S/C18H26F3N3O3/c1-10(15-11(2)23-24(12(15)3)9-18(19,20)21)16(25)22-14-8-6-4-5-7-13(14)17(26)27/h10,13-14H,4-9H2,1-3H3,(H,22,25)(H,26,27)/t10?,13-,14+/m1/s1. The molecule has 27 heavy (non-hydrogen) atoms. The molecule has 1 heterocycles. The van der Waals surface area contributed by atoms with Gasteiger partial charge in [-0.05, 0) is 33.6 Å². The molecule has 0 saturated heterocycles. The van der Waals surface area contributed by atoms with E-state index in [1.165, 1.54) is 6.92 Å². The van der Waals surface area contributed by atoms with Crippen LogP contribution in [0, 0.1) is 19.8 Å². The molecule has 2 N–H and O–H groups in total. The number of rotatable bonds is 5. The van der Waals surface area contributed by atoms with Gasteiger partial charge < -0.3 is 10.4 Å². The number of carboxylic acids is 1. The summed E-state index contributed by atoms with van der Waals surface area (Å²) in [6, 6.07) is -0.467. The van der Waals surface area contributed by atoms with Gasteiger partial charge in [0.25, 0.3) is 0 Å². The first-order valence-corrected chi connectivity index (χ1v) is 9.15. The monoisotopic (exact) mass is 389 g/mol. The van der Waals surface area contributed by atoms with E-state index in [0.717, 1.165) is 23.9 Å². The van der Waals surface area contributed by atoms with Crippen molar-refractivity contribution in [3.05, 3.63) is 17.0 Å². The van der Waals surface area contributed by atoms with Gasteiger partial charge in [-0.2, -0.15) is 18.3 Å². The predicted molar refractivity (Wildman–Crippen MR) is 92.3 cm³/mol. The Morgan fingerprint density at radius 3 is 2.48 bits per heavy atom. The number of hydrogen-bond acceptors (Lipinski definition) is 3. The number of amides is 1. The molecule has 0 bridgehead atoms. The van der Waals surface area contributed by atoms with E-state index in [9.17, 15) is 27.9 Å². The van der Waals surface area contributed by atoms with Crippen molar-refractivity contribution in [2.24, 2.45) is 5.92 Å². The molecule has 1 amide bonds. The van der Waals surface area contributed by atoms with Gasteiger partial charge in [-0.3, -0.25) is 14.3 Å². The predicted octanol–water partition coefficient (Wildman–Crippen LogP) is 3.32. The molecular weight excluding hydrogens is 363 g/mol. The van der Waals surface area contributed by atoms with Crippen LogP contribution in [0.2, 0.25) is 0 Å². The van der Waals surface area contributed by atoms with Crippen LogP contribution >= 0.6 is 0 Å². The third kappa shape index (κ3) is 5.23. The van der Waals surface area contributed by atoms with Gasteiger partial charge in [-0.15, -0.1) is 0 Å². The van der Waals surface area contributed by atoms with Crippen molar-refractivity contribution in [1.82, 2.24) is 15.1 Å². The molecule has 1 aromatic rings. The van der Waals surface area contributed by atoms with Crippen molar-refractivity contribution < 1.29 is 27.9 Å². The Bertz CT molecular complexity index is 700. The van der Waals surface area contributed by atoms with Crippen LogP contribution < -0.4 is 5.32 Å². The number of nitrogens with zero attached hydrogens (tertiary/aromatic N) is 2. The van der Waals surface area contributed by atoms with E-state index in [4.69, 9.17) is 0 Å². The fraction of sp³-hybridized carbons (Fsp3) is 0.722. The molecule has 6 nitrogen and oxygen atoms in total. The third-order valence-electron chi connectivity index (χ3n) is 5.25. The molecule has 0 radical (unpaired) electrons. The number of aryl methyl sites for hydroxylation is 1. The van der Waals surface area contributed by atoms with Crippen LogP contribution in [0.3, 0.4) is 0 Å². The van der Waals surface area contributed by atoms with Crippen molar-refractivity contribution in [2.75, 3.05) is 0 Å². The summed E-state index contributed by atoms with van der Waals surface area (Å²) in [6.07, 6.45) is -0.738. The first kappa shape index (κ1) is 21.2. The number of aromatic nitrogens is 2.